The minimum atomic E-state index is -3.61. The number of aryl methyl sites for hydroxylation is 2. The molecule has 0 radical (unpaired) electrons. The van der Waals surface area contributed by atoms with Crippen molar-refractivity contribution in [3.8, 4) is 0 Å². The van der Waals surface area contributed by atoms with Gasteiger partial charge in [0.1, 0.15) is 10.6 Å². The Morgan fingerprint density at radius 2 is 1.67 bits per heavy atom. The van der Waals surface area contributed by atoms with Crippen LogP contribution >= 0.6 is 0 Å². The standard InChI is InChI=1S/C17H27N5O4S/c1-11-14(13(3)25-19-11)27(23,24)22-9-7-21(8-10-22)12(2)15-18-16(20-26-15)17(4,5)6/h12H,7-10H2,1-6H3/t12-/m1/s1. The fourth-order valence-corrected chi connectivity index (χ4v) is 4.88. The maximum Gasteiger partial charge on any atom is 0.248 e. The Balaban J connectivity index is 1.69. The molecule has 27 heavy (non-hydrogen) atoms. The lowest BCUT2D eigenvalue weighted by Crippen LogP contribution is -2.49. The van der Waals surface area contributed by atoms with E-state index in [4.69, 9.17) is 9.05 Å². The van der Waals surface area contributed by atoms with Gasteiger partial charge in [0, 0.05) is 31.6 Å². The molecule has 10 heteroatoms. The Hall–Kier alpha value is -1.78. The Morgan fingerprint density at radius 1 is 1.04 bits per heavy atom. The van der Waals surface area contributed by atoms with Crippen LogP contribution in [0.2, 0.25) is 0 Å². The van der Waals surface area contributed by atoms with Gasteiger partial charge in [0.05, 0.1) is 6.04 Å². The Kier molecular flexibility index (Phi) is 5.17. The summed E-state index contributed by atoms with van der Waals surface area (Å²) in [4.78, 5) is 6.84. The highest BCUT2D eigenvalue weighted by Crippen LogP contribution is 2.27. The van der Waals surface area contributed by atoms with E-state index in [2.05, 4.69) is 20.2 Å². The van der Waals surface area contributed by atoms with Crippen LogP contribution in [0.25, 0.3) is 0 Å². The van der Waals surface area contributed by atoms with E-state index in [9.17, 15) is 8.42 Å². The van der Waals surface area contributed by atoms with Crippen LogP contribution in [0.5, 0.6) is 0 Å². The molecule has 0 saturated carbocycles. The number of hydrogen-bond acceptors (Lipinski definition) is 8. The molecule has 0 amide bonds. The Bertz CT molecular complexity index is 885. The highest BCUT2D eigenvalue weighted by Gasteiger charge is 2.35. The molecule has 0 aromatic carbocycles. The molecule has 1 atom stereocenters. The first-order valence-electron chi connectivity index (χ1n) is 9.03. The van der Waals surface area contributed by atoms with E-state index in [0.29, 0.717) is 49.3 Å². The predicted molar refractivity (Wildman–Crippen MR) is 97.7 cm³/mol. The third-order valence-electron chi connectivity index (χ3n) is 4.86. The summed E-state index contributed by atoms with van der Waals surface area (Å²) >= 11 is 0. The molecule has 9 nitrogen and oxygen atoms in total. The van der Waals surface area contributed by atoms with Crippen molar-refractivity contribution < 1.29 is 17.5 Å². The summed E-state index contributed by atoms with van der Waals surface area (Å²) in [7, 11) is -3.61. The number of sulfonamides is 1. The minimum Gasteiger partial charge on any atom is -0.360 e. The van der Waals surface area contributed by atoms with E-state index in [-0.39, 0.29) is 16.4 Å². The van der Waals surface area contributed by atoms with Crippen LogP contribution in [-0.4, -0.2) is 59.1 Å². The van der Waals surface area contributed by atoms with Crippen LogP contribution in [0, 0.1) is 13.8 Å². The molecule has 3 rings (SSSR count). The Labute approximate surface area is 159 Å². The second kappa shape index (κ2) is 6.99. The summed E-state index contributed by atoms with van der Waals surface area (Å²) in [5.74, 6) is 1.55. The van der Waals surface area contributed by atoms with E-state index >= 15 is 0 Å². The smallest absolute Gasteiger partial charge is 0.248 e. The average Bonchev–Trinajstić information content (AvgIpc) is 3.21. The van der Waals surface area contributed by atoms with Gasteiger partial charge in [-0.3, -0.25) is 4.90 Å². The maximum atomic E-state index is 12.9. The molecular formula is C17H27N5O4S. The monoisotopic (exact) mass is 397 g/mol. The van der Waals surface area contributed by atoms with Crippen LogP contribution in [0.3, 0.4) is 0 Å². The van der Waals surface area contributed by atoms with Gasteiger partial charge in [0.15, 0.2) is 11.6 Å². The van der Waals surface area contributed by atoms with Gasteiger partial charge in [-0.05, 0) is 20.8 Å². The molecular weight excluding hydrogens is 370 g/mol. The van der Waals surface area contributed by atoms with Crippen molar-refractivity contribution in [1.29, 1.82) is 0 Å². The van der Waals surface area contributed by atoms with Gasteiger partial charge in [-0.2, -0.15) is 9.29 Å². The van der Waals surface area contributed by atoms with Crippen LogP contribution in [-0.2, 0) is 15.4 Å². The molecule has 3 heterocycles. The summed E-state index contributed by atoms with van der Waals surface area (Å²) in [6.07, 6.45) is 0. The molecule has 2 aromatic heterocycles. The van der Waals surface area contributed by atoms with Gasteiger partial charge < -0.3 is 9.05 Å². The lowest BCUT2D eigenvalue weighted by Gasteiger charge is -2.36. The maximum absolute atomic E-state index is 12.9. The van der Waals surface area contributed by atoms with Crippen LogP contribution < -0.4 is 0 Å². The Morgan fingerprint density at radius 3 is 2.15 bits per heavy atom. The summed E-state index contributed by atoms with van der Waals surface area (Å²) < 4.78 is 37.8. The quantitative estimate of drug-likeness (QED) is 0.772. The van der Waals surface area contributed by atoms with E-state index in [1.54, 1.807) is 13.8 Å². The van der Waals surface area contributed by atoms with Crippen LogP contribution in [0.4, 0.5) is 0 Å². The van der Waals surface area contributed by atoms with Crippen molar-refractivity contribution >= 4 is 10.0 Å². The van der Waals surface area contributed by atoms with Crippen molar-refractivity contribution in [3.63, 3.8) is 0 Å². The first kappa shape index (κ1) is 20.0. The second-order valence-electron chi connectivity index (χ2n) is 7.98. The molecule has 2 aromatic rings. The zero-order chi connectivity index (χ0) is 20.0. The highest BCUT2D eigenvalue weighted by molar-refractivity contribution is 7.89. The summed E-state index contributed by atoms with van der Waals surface area (Å²) in [6.45, 7) is 13.3. The van der Waals surface area contributed by atoms with Gasteiger partial charge in [-0.15, -0.1) is 0 Å². The molecule has 0 aliphatic carbocycles. The fraction of sp³-hybridized carbons (Fsp3) is 0.706. The number of aromatic nitrogens is 3. The van der Waals surface area contributed by atoms with Gasteiger partial charge in [0.2, 0.25) is 15.9 Å². The predicted octanol–water partition coefficient (Wildman–Crippen LogP) is 2.04. The molecule has 0 unspecified atom stereocenters. The van der Waals surface area contributed by atoms with Gasteiger partial charge in [0.25, 0.3) is 0 Å². The molecule has 1 saturated heterocycles. The van der Waals surface area contributed by atoms with Crippen molar-refractivity contribution in [2.24, 2.45) is 0 Å². The largest absolute Gasteiger partial charge is 0.360 e. The van der Waals surface area contributed by atoms with Crippen molar-refractivity contribution in [2.45, 2.75) is 57.9 Å². The topological polar surface area (TPSA) is 106 Å². The number of rotatable bonds is 4. The van der Waals surface area contributed by atoms with Gasteiger partial charge in [-0.1, -0.05) is 31.1 Å². The van der Waals surface area contributed by atoms with Crippen molar-refractivity contribution in [1.82, 2.24) is 24.5 Å². The normalized spacial score (nSPS) is 18.7. The summed E-state index contributed by atoms with van der Waals surface area (Å²) in [6, 6.07) is -0.0717. The highest BCUT2D eigenvalue weighted by atomic mass is 32.2. The van der Waals surface area contributed by atoms with E-state index in [1.807, 2.05) is 27.7 Å². The lowest BCUT2D eigenvalue weighted by atomic mass is 9.96. The zero-order valence-corrected chi connectivity index (χ0v) is 17.5. The third-order valence-corrected chi connectivity index (χ3v) is 7.00. The zero-order valence-electron chi connectivity index (χ0n) is 16.7. The fourth-order valence-electron chi connectivity index (χ4n) is 3.17. The average molecular weight is 398 g/mol. The summed E-state index contributed by atoms with van der Waals surface area (Å²) in [5.41, 5.74) is 0.214. The van der Waals surface area contributed by atoms with Crippen molar-refractivity contribution in [2.75, 3.05) is 26.2 Å². The molecule has 150 valence electrons. The summed E-state index contributed by atoms with van der Waals surface area (Å²) in [5, 5.41) is 7.84. The third kappa shape index (κ3) is 3.78. The van der Waals surface area contributed by atoms with Crippen LogP contribution in [0.15, 0.2) is 13.9 Å². The molecule has 0 bridgehead atoms. The number of nitrogens with zero attached hydrogens (tertiary/aromatic N) is 5. The molecule has 1 aliphatic heterocycles. The van der Waals surface area contributed by atoms with Crippen LogP contribution in [0.1, 0.15) is 56.9 Å². The number of piperazine rings is 1. The van der Waals surface area contributed by atoms with E-state index in [1.165, 1.54) is 4.31 Å². The molecule has 1 fully saturated rings. The molecule has 1 aliphatic rings. The molecule has 0 spiro atoms. The van der Waals surface area contributed by atoms with Gasteiger partial charge >= 0.3 is 0 Å². The number of hydrogen-bond donors (Lipinski definition) is 0. The lowest BCUT2D eigenvalue weighted by molar-refractivity contribution is 0.124. The van der Waals surface area contributed by atoms with E-state index in [0.717, 1.165) is 0 Å². The van der Waals surface area contributed by atoms with Gasteiger partial charge in [-0.25, -0.2) is 8.42 Å². The SMILES string of the molecule is Cc1noc(C)c1S(=O)(=O)N1CCN([C@H](C)c2nc(C(C)(C)C)no2)CC1. The second-order valence-corrected chi connectivity index (χ2v) is 9.85. The molecule has 0 N–H and O–H groups in total. The van der Waals surface area contributed by atoms with E-state index < -0.39 is 10.0 Å². The first-order valence-corrected chi connectivity index (χ1v) is 10.5. The van der Waals surface area contributed by atoms with Crippen molar-refractivity contribution in [3.05, 3.63) is 23.2 Å². The first-order chi connectivity index (χ1) is 12.5. The minimum absolute atomic E-state index is 0.0717.